The maximum atomic E-state index is 12.7. The third kappa shape index (κ3) is 3.49. The molecule has 2 heterocycles. The highest BCUT2D eigenvalue weighted by atomic mass is 16.2. The van der Waals surface area contributed by atoms with Crippen LogP contribution in [0.2, 0.25) is 0 Å². The smallest absolute Gasteiger partial charge is 0.250 e. The molecule has 2 atom stereocenters. The summed E-state index contributed by atoms with van der Waals surface area (Å²) < 4.78 is 0. The van der Waals surface area contributed by atoms with Crippen LogP contribution in [0.3, 0.4) is 0 Å². The molecule has 0 aliphatic carbocycles. The van der Waals surface area contributed by atoms with Crippen molar-refractivity contribution in [1.82, 2.24) is 15.3 Å². The molecule has 1 fully saturated rings. The molecule has 1 aliphatic heterocycles. The Hall–Kier alpha value is -3.52. The van der Waals surface area contributed by atoms with Crippen LogP contribution >= 0.6 is 0 Å². The normalized spacial score (nSPS) is 18.7. The number of hydrogen-bond donors (Lipinski definition) is 4. The number of anilines is 2. The number of primary amides is 1. The second kappa shape index (κ2) is 7.61. The number of carbonyl (C=O) groups is 2. The summed E-state index contributed by atoms with van der Waals surface area (Å²) in [6.07, 6.45) is 1.39. The first kappa shape index (κ1) is 17.9. The van der Waals surface area contributed by atoms with Crippen molar-refractivity contribution >= 4 is 34.2 Å². The summed E-state index contributed by atoms with van der Waals surface area (Å²) in [5.41, 5.74) is 7.04. The number of carbonyl (C=O) groups excluding carboxylic acids is 2. The van der Waals surface area contributed by atoms with Gasteiger partial charge in [0.2, 0.25) is 5.91 Å². The first-order chi connectivity index (χ1) is 13.6. The van der Waals surface area contributed by atoms with Crippen LogP contribution in [0, 0.1) is 5.92 Å². The van der Waals surface area contributed by atoms with Gasteiger partial charge in [-0.2, -0.15) is 0 Å². The zero-order valence-electron chi connectivity index (χ0n) is 15.1. The maximum absolute atomic E-state index is 12.7. The fourth-order valence-corrected chi connectivity index (χ4v) is 3.44. The van der Waals surface area contributed by atoms with Crippen LogP contribution < -0.4 is 21.7 Å². The molecule has 4 rings (SSSR count). The van der Waals surface area contributed by atoms with Gasteiger partial charge in [0.05, 0.1) is 23.0 Å². The molecule has 142 valence electrons. The van der Waals surface area contributed by atoms with E-state index in [1.807, 2.05) is 36.4 Å². The second-order valence-corrected chi connectivity index (χ2v) is 6.66. The minimum Gasteiger partial charge on any atom is -0.366 e. The van der Waals surface area contributed by atoms with Gasteiger partial charge in [-0.25, -0.2) is 9.97 Å². The van der Waals surface area contributed by atoms with Gasteiger partial charge in [0, 0.05) is 24.2 Å². The fraction of sp³-hybridized carbons (Fsp3) is 0.200. The van der Waals surface area contributed by atoms with Gasteiger partial charge >= 0.3 is 0 Å². The monoisotopic (exact) mass is 376 g/mol. The van der Waals surface area contributed by atoms with Crippen molar-refractivity contribution in [2.75, 3.05) is 23.7 Å². The van der Waals surface area contributed by atoms with Crippen LogP contribution in [0.15, 0.2) is 54.9 Å². The lowest BCUT2D eigenvalue weighted by atomic mass is 10.0. The van der Waals surface area contributed by atoms with E-state index in [9.17, 15) is 9.59 Å². The summed E-state index contributed by atoms with van der Waals surface area (Å²) in [6, 6.07) is 14.4. The largest absolute Gasteiger partial charge is 0.366 e. The van der Waals surface area contributed by atoms with E-state index in [0.29, 0.717) is 35.4 Å². The predicted octanol–water partition coefficient (Wildman–Crippen LogP) is 1.37. The maximum Gasteiger partial charge on any atom is 0.250 e. The van der Waals surface area contributed by atoms with Gasteiger partial charge in [-0.05, 0) is 24.3 Å². The van der Waals surface area contributed by atoms with Gasteiger partial charge < -0.3 is 21.7 Å². The Labute approximate surface area is 161 Å². The summed E-state index contributed by atoms with van der Waals surface area (Å²) in [7, 11) is 0. The van der Waals surface area contributed by atoms with Gasteiger partial charge in [0.1, 0.15) is 12.1 Å². The lowest BCUT2D eigenvalue weighted by Crippen LogP contribution is -2.37. The number of nitrogens with one attached hydrogen (secondary N) is 3. The van der Waals surface area contributed by atoms with Crippen LogP contribution in [0.25, 0.3) is 10.9 Å². The Kier molecular flexibility index (Phi) is 4.86. The minimum absolute atomic E-state index is 0.0649. The zero-order valence-corrected chi connectivity index (χ0v) is 15.1. The highest BCUT2D eigenvalue weighted by molar-refractivity contribution is 6.07. The molecule has 1 aromatic heterocycles. The molecule has 5 N–H and O–H groups in total. The van der Waals surface area contributed by atoms with Crippen molar-refractivity contribution in [2.45, 2.75) is 6.04 Å². The fourth-order valence-electron chi connectivity index (χ4n) is 3.44. The van der Waals surface area contributed by atoms with Crippen molar-refractivity contribution in [1.29, 1.82) is 0 Å². The third-order valence-corrected chi connectivity index (χ3v) is 4.84. The Morgan fingerprint density at radius 3 is 2.64 bits per heavy atom. The van der Waals surface area contributed by atoms with E-state index in [2.05, 4.69) is 25.9 Å². The molecular formula is C20H20N6O2. The molecule has 2 amide bonds. The van der Waals surface area contributed by atoms with E-state index >= 15 is 0 Å². The molecule has 0 bridgehead atoms. The number of fused-ring (bicyclic) bond motifs is 1. The van der Waals surface area contributed by atoms with Crippen molar-refractivity contribution in [3.8, 4) is 0 Å². The van der Waals surface area contributed by atoms with E-state index in [4.69, 9.17) is 5.73 Å². The van der Waals surface area contributed by atoms with Crippen molar-refractivity contribution < 1.29 is 9.59 Å². The Morgan fingerprint density at radius 2 is 1.86 bits per heavy atom. The summed E-state index contributed by atoms with van der Waals surface area (Å²) >= 11 is 0. The molecule has 3 aromatic rings. The molecule has 8 nitrogen and oxygen atoms in total. The summed E-state index contributed by atoms with van der Waals surface area (Å²) in [6.45, 7) is 1.18. The van der Waals surface area contributed by atoms with Crippen LogP contribution in [-0.4, -0.2) is 40.9 Å². The van der Waals surface area contributed by atoms with Crippen LogP contribution in [0.5, 0.6) is 0 Å². The van der Waals surface area contributed by atoms with Crippen molar-refractivity contribution in [3.63, 3.8) is 0 Å². The highest BCUT2D eigenvalue weighted by Crippen LogP contribution is 2.25. The first-order valence-electron chi connectivity index (χ1n) is 9.00. The van der Waals surface area contributed by atoms with E-state index in [1.54, 1.807) is 12.1 Å². The van der Waals surface area contributed by atoms with Gasteiger partial charge in [0.15, 0.2) is 0 Å². The van der Waals surface area contributed by atoms with Crippen molar-refractivity contribution in [3.05, 3.63) is 60.4 Å². The van der Waals surface area contributed by atoms with Crippen LogP contribution in [0.4, 0.5) is 11.5 Å². The minimum atomic E-state index is -0.544. The molecule has 1 saturated heterocycles. The van der Waals surface area contributed by atoms with Crippen molar-refractivity contribution in [2.24, 2.45) is 11.7 Å². The lowest BCUT2D eigenvalue weighted by Gasteiger charge is -2.21. The van der Waals surface area contributed by atoms with Crippen LogP contribution in [-0.2, 0) is 4.79 Å². The quantitative estimate of drug-likeness (QED) is 0.533. The Morgan fingerprint density at radius 1 is 1.04 bits per heavy atom. The van der Waals surface area contributed by atoms with Gasteiger partial charge in [0.25, 0.3) is 5.91 Å². The molecule has 1 aliphatic rings. The molecule has 1 unspecified atom stereocenters. The Balaban J connectivity index is 1.57. The topological polar surface area (TPSA) is 122 Å². The number of nitrogens with two attached hydrogens (primary N) is 1. The Bertz CT molecular complexity index is 1020. The number of amides is 2. The molecule has 8 heteroatoms. The van der Waals surface area contributed by atoms with Crippen LogP contribution in [0.1, 0.15) is 10.4 Å². The van der Waals surface area contributed by atoms with E-state index < -0.39 is 5.91 Å². The summed E-state index contributed by atoms with van der Waals surface area (Å²) in [5, 5.41) is 10.2. The average molecular weight is 376 g/mol. The molecule has 0 saturated carbocycles. The van der Waals surface area contributed by atoms with E-state index in [0.717, 1.165) is 5.69 Å². The average Bonchev–Trinajstić information content (AvgIpc) is 3.17. The number of aromatic nitrogens is 2. The highest BCUT2D eigenvalue weighted by Gasteiger charge is 2.33. The SMILES string of the molecule is NC(=O)c1cccc2c(N[C@H]3CNCC3C(=O)Nc3ccccc3)ncnc12. The number of hydrogen-bond acceptors (Lipinski definition) is 6. The lowest BCUT2D eigenvalue weighted by molar-refractivity contribution is -0.119. The molecular weight excluding hydrogens is 356 g/mol. The third-order valence-electron chi connectivity index (χ3n) is 4.84. The molecule has 2 aromatic carbocycles. The van der Waals surface area contributed by atoms with Gasteiger partial charge in [-0.1, -0.05) is 24.3 Å². The summed E-state index contributed by atoms with van der Waals surface area (Å²) in [5.74, 6) is -0.313. The van der Waals surface area contributed by atoms with Gasteiger partial charge in [-0.15, -0.1) is 0 Å². The van der Waals surface area contributed by atoms with E-state index in [-0.39, 0.29) is 17.9 Å². The number of rotatable bonds is 5. The standard InChI is InChI=1S/C20H20N6O2/c21-18(27)13-7-4-8-14-17(13)23-11-24-19(14)26-16-10-22-9-15(16)20(28)25-12-5-2-1-3-6-12/h1-8,11,15-16,22H,9-10H2,(H2,21,27)(H,25,28)(H,23,24,26)/t15?,16-/m0/s1. The number of nitrogens with zero attached hydrogens (tertiary/aromatic N) is 2. The molecule has 0 spiro atoms. The second-order valence-electron chi connectivity index (χ2n) is 6.66. The van der Waals surface area contributed by atoms with E-state index in [1.165, 1.54) is 6.33 Å². The summed E-state index contributed by atoms with van der Waals surface area (Å²) in [4.78, 5) is 32.9. The number of benzene rings is 2. The number of para-hydroxylation sites is 2. The predicted molar refractivity (Wildman–Crippen MR) is 107 cm³/mol. The molecule has 28 heavy (non-hydrogen) atoms. The van der Waals surface area contributed by atoms with Gasteiger partial charge in [-0.3, -0.25) is 9.59 Å². The zero-order chi connectivity index (χ0) is 19.5. The molecule has 0 radical (unpaired) electrons. The first-order valence-corrected chi connectivity index (χ1v) is 9.00.